The van der Waals surface area contributed by atoms with Crippen LogP contribution in [0.5, 0.6) is 5.75 Å². The Kier molecular flexibility index (Phi) is 6.08. The Hall–Kier alpha value is -2.75. The molecule has 1 aliphatic rings. The Morgan fingerprint density at radius 3 is 2.55 bits per heavy atom. The maximum absolute atomic E-state index is 12.8. The SMILES string of the molecule is C=CCn1c(=NC(=O)c2ccc(S(=O)(=O)N3CCCC3)cc2)sc2cc(OC)ccc21. The number of nitrogens with zero attached hydrogens (tertiary/aromatic N) is 3. The molecule has 1 aliphatic heterocycles. The molecule has 162 valence electrons. The van der Waals surface area contributed by atoms with Gasteiger partial charge in [0.2, 0.25) is 10.0 Å². The molecule has 3 aromatic rings. The summed E-state index contributed by atoms with van der Waals surface area (Å²) in [7, 11) is -1.91. The minimum Gasteiger partial charge on any atom is -0.497 e. The lowest BCUT2D eigenvalue weighted by Gasteiger charge is -2.15. The number of benzene rings is 2. The molecule has 2 heterocycles. The van der Waals surface area contributed by atoms with E-state index in [-0.39, 0.29) is 4.90 Å². The van der Waals surface area contributed by atoms with Gasteiger partial charge in [0, 0.05) is 25.2 Å². The zero-order valence-corrected chi connectivity index (χ0v) is 18.8. The number of rotatable bonds is 6. The van der Waals surface area contributed by atoms with E-state index in [0.29, 0.717) is 30.0 Å². The van der Waals surface area contributed by atoms with Crippen molar-refractivity contribution in [1.82, 2.24) is 8.87 Å². The number of carbonyl (C=O) groups excluding carboxylic acids is 1. The van der Waals surface area contributed by atoms with E-state index in [1.165, 1.54) is 39.9 Å². The van der Waals surface area contributed by atoms with Gasteiger partial charge in [-0.25, -0.2) is 8.42 Å². The summed E-state index contributed by atoms with van der Waals surface area (Å²) >= 11 is 1.39. The maximum atomic E-state index is 12.8. The van der Waals surface area contributed by atoms with E-state index in [0.717, 1.165) is 28.8 Å². The first kappa shape index (κ1) is 21.5. The molecular formula is C22H23N3O4S2. The van der Waals surface area contributed by atoms with Gasteiger partial charge < -0.3 is 9.30 Å². The highest BCUT2D eigenvalue weighted by atomic mass is 32.2. The Morgan fingerprint density at radius 2 is 1.90 bits per heavy atom. The van der Waals surface area contributed by atoms with Crippen molar-refractivity contribution in [3.05, 3.63) is 65.5 Å². The molecule has 0 saturated carbocycles. The highest BCUT2D eigenvalue weighted by molar-refractivity contribution is 7.89. The summed E-state index contributed by atoms with van der Waals surface area (Å²) in [6.07, 6.45) is 3.50. The second kappa shape index (κ2) is 8.78. The van der Waals surface area contributed by atoms with Gasteiger partial charge in [0.15, 0.2) is 4.80 Å². The summed E-state index contributed by atoms with van der Waals surface area (Å²) in [6.45, 7) is 5.38. The number of carbonyl (C=O) groups is 1. The molecule has 0 N–H and O–H groups in total. The topological polar surface area (TPSA) is 81.0 Å². The molecule has 1 fully saturated rings. The van der Waals surface area contributed by atoms with Crippen molar-refractivity contribution >= 4 is 37.5 Å². The fourth-order valence-electron chi connectivity index (χ4n) is 3.57. The normalized spacial score (nSPS) is 15.5. The Morgan fingerprint density at radius 1 is 1.19 bits per heavy atom. The first-order chi connectivity index (χ1) is 14.9. The molecule has 7 nitrogen and oxygen atoms in total. The van der Waals surface area contributed by atoms with Gasteiger partial charge in [0.1, 0.15) is 5.75 Å². The summed E-state index contributed by atoms with van der Waals surface area (Å²) < 4.78 is 35.0. The third-order valence-corrected chi connectivity index (χ3v) is 8.16. The number of amides is 1. The number of methoxy groups -OCH3 is 1. The van der Waals surface area contributed by atoms with E-state index in [1.54, 1.807) is 13.2 Å². The van der Waals surface area contributed by atoms with Crippen LogP contribution in [0, 0.1) is 0 Å². The standard InChI is InChI=1S/C22H23N3O4S2/c1-3-12-25-19-11-8-17(29-2)15-20(19)30-22(25)23-21(26)16-6-9-18(10-7-16)31(27,28)24-13-4-5-14-24/h3,6-11,15H,1,4-5,12-14H2,2H3. The monoisotopic (exact) mass is 457 g/mol. The van der Waals surface area contributed by atoms with Gasteiger partial charge in [0.25, 0.3) is 5.91 Å². The molecule has 1 amide bonds. The van der Waals surface area contributed by atoms with Gasteiger partial charge >= 0.3 is 0 Å². The molecule has 0 radical (unpaired) electrons. The van der Waals surface area contributed by atoms with Gasteiger partial charge in [-0.3, -0.25) is 4.79 Å². The molecule has 2 aromatic carbocycles. The molecule has 0 bridgehead atoms. The molecule has 4 rings (SSSR count). The number of hydrogen-bond acceptors (Lipinski definition) is 5. The van der Waals surface area contributed by atoms with Crippen LogP contribution in [-0.2, 0) is 16.6 Å². The van der Waals surface area contributed by atoms with Crippen molar-refractivity contribution in [2.75, 3.05) is 20.2 Å². The van der Waals surface area contributed by atoms with Gasteiger partial charge in [-0.15, -0.1) is 6.58 Å². The minimum absolute atomic E-state index is 0.196. The van der Waals surface area contributed by atoms with E-state index in [4.69, 9.17) is 4.74 Å². The average molecular weight is 458 g/mol. The van der Waals surface area contributed by atoms with Gasteiger partial charge in [-0.1, -0.05) is 17.4 Å². The van der Waals surface area contributed by atoms with E-state index >= 15 is 0 Å². The highest BCUT2D eigenvalue weighted by Crippen LogP contribution is 2.24. The van der Waals surface area contributed by atoms with Crippen molar-refractivity contribution < 1.29 is 17.9 Å². The Balaban J connectivity index is 1.67. The van der Waals surface area contributed by atoms with Crippen LogP contribution in [0.2, 0.25) is 0 Å². The highest BCUT2D eigenvalue weighted by Gasteiger charge is 2.27. The van der Waals surface area contributed by atoms with Crippen LogP contribution in [0.15, 0.2) is 65.0 Å². The van der Waals surface area contributed by atoms with Crippen molar-refractivity contribution in [2.45, 2.75) is 24.3 Å². The molecular weight excluding hydrogens is 434 g/mol. The molecule has 31 heavy (non-hydrogen) atoms. The molecule has 1 saturated heterocycles. The fraction of sp³-hybridized carbons (Fsp3) is 0.273. The summed E-state index contributed by atoms with van der Waals surface area (Å²) in [4.78, 5) is 17.8. The number of thiazole rings is 1. The third-order valence-electron chi connectivity index (χ3n) is 5.20. The van der Waals surface area contributed by atoms with Crippen LogP contribution in [0.25, 0.3) is 10.2 Å². The van der Waals surface area contributed by atoms with Crippen molar-refractivity contribution in [3.8, 4) is 5.75 Å². The summed E-state index contributed by atoms with van der Waals surface area (Å²) in [6, 6.07) is 11.7. The van der Waals surface area contributed by atoms with Crippen LogP contribution >= 0.6 is 11.3 Å². The smallest absolute Gasteiger partial charge is 0.279 e. The lowest BCUT2D eigenvalue weighted by Crippen LogP contribution is -2.27. The summed E-state index contributed by atoms with van der Waals surface area (Å²) in [5.41, 5.74) is 1.27. The number of hydrogen-bond donors (Lipinski definition) is 0. The largest absolute Gasteiger partial charge is 0.497 e. The fourth-order valence-corrected chi connectivity index (χ4v) is 6.15. The molecule has 0 unspecified atom stereocenters. The van der Waals surface area contributed by atoms with Crippen LogP contribution in [0.4, 0.5) is 0 Å². The number of fused-ring (bicyclic) bond motifs is 1. The predicted molar refractivity (Wildman–Crippen MR) is 121 cm³/mol. The predicted octanol–water partition coefficient (Wildman–Crippen LogP) is 3.42. The Bertz CT molecular complexity index is 1300. The molecule has 1 aromatic heterocycles. The average Bonchev–Trinajstić information content (AvgIpc) is 3.43. The van der Waals surface area contributed by atoms with Gasteiger partial charge in [-0.05, 0) is 55.3 Å². The lowest BCUT2D eigenvalue weighted by atomic mass is 10.2. The van der Waals surface area contributed by atoms with Crippen LogP contribution in [0.1, 0.15) is 23.2 Å². The number of allylic oxidation sites excluding steroid dienone is 1. The first-order valence-corrected chi connectivity index (χ1v) is 12.2. The molecule has 0 atom stereocenters. The number of ether oxygens (including phenoxy) is 1. The summed E-state index contributed by atoms with van der Waals surface area (Å²) in [5.74, 6) is 0.300. The van der Waals surface area contributed by atoms with Gasteiger partial charge in [-0.2, -0.15) is 9.30 Å². The van der Waals surface area contributed by atoms with Crippen molar-refractivity contribution in [1.29, 1.82) is 0 Å². The van der Waals surface area contributed by atoms with Crippen LogP contribution in [-0.4, -0.2) is 43.4 Å². The minimum atomic E-state index is -3.51. The van der Waals surface area contributed by atoms with Crippen LogP contribution < -0.4 is 9.54 Å². The number of aromatic nitrogens is 1. The third kappa shape index (κ3) is 4.21. The van der Waals surface area contributed by atoms with E-state index in [9.17, 15) is 13.2 Å². The van der Waals surface area contributed by atoms with E-state index in [1.807, 2.05) is 22.8 Å². The zero-order chi connectivity index (χ0) is 22.0. The van der Waals surface area contributed by atoms with E-state index in [2.05, 4.69) is 11.6 Å². The maximum Gasteiger partial charge on any atom is 0.279 e. The summed E-state index contributed by atoms with van der Waals surface area (Å²) in [5, 5.41) is 0. The Labute approximate surface area is 185 Å². The van der Waals surface area contributed by atoms with Gasteiger partial charge in [0.05, 0.1) is 22.2 Å². The second-order valence-electron chi connectivity index (χ2n) is 7.17. The van der Waals surface area contributed by atoms with Crippen molar-refractivity contribution in [2.24, 2.45) is 4.99 Å². The van der Waals surface area contributed by atoms with Crippen molar-refractivity contribution in [3.63, 3.8) is 0 Å². The molecule has 9 heteroatoms. The molecule has 0 aliphatic carbocycles. The lowest BCUT2D eigenvalue weighted by molar-refractivity contribution is 0.0997. The van der Waals surface area contributed by atoms with Crippen LogP contribution in [0.3, 0.4) is 0 Å². The van der Waals surface area contributed by atoms with E-state index < -0.39 is 15.9 Å². The second-order valence-corrected chi connectivity index (χ2v) is 10.1. The number of sulfonamides is 1. The zero-order valence-electron chi connectivity index (χ0n) is 17.2. The quantitative estimate of drug-likeness (QED) is 0.531. The molecule has 0 spiro atoms. The first-order valence-electron chi connectivity index (χ1n) is 9.91.